The molecule has 4 aromatic rings. The van der Waals surface area contributed by atoms with E-state index in [2.05, 4.69) is 5.32 Å². The summed E-state index contributed by atoms with van der Waals surface area (Å²) in [6.45, 7) is 1.61. The van der Waals surface area contributed by atoms with Gasteiger partial charge in [0.25, 0.3) is 10.0 Å². The largest absolute Gasteiger partial charge is 0.494 e. The first-order valence-corrected chi connectivity index (χ1v) is 15.7. The Kier molecular flexibility index (Phi) is 11.0. The monoisotopic (exact) mass is 637 g/mol. The number of benzene rings is 4. The van der Waals surface area contributed by atoms with Crippen molar-refractivity contribution in [2.24, 2.45) is 0 Å². The summed E-state index contributed by atoms with van der Waals surface area (Å²) in [7, 11) is -2.87. The number of carbonyl (C=O) groups excluding carboxylic acids is 2. The van der Waals surface area contributed by atoms with Gasteiger partial charge in [0, 0.05) is 25.0 Å². The molecular weight excluding hydrogens is 605 g/mol. The highest BCUT2D eigenvalue weighted by atomic mass is 35.5. The smallest absolute Gasteiger partial charge is 0.264 e. The molecule has 0 fully saturated rings. The molecule has 0 saturated carbocycles. The van der Waals surface area contributed by atoms with E-state index in [1.807, 2.05) is 37.3 Å². The first-order chi connectivity index (χ1) is 21.1. The molecule has 0 aromatic heterocycles. The lowest BCUT2D eigenvalue weighted by atomic mass is 10.0. The van der Waals surface area contributed by atoms with Crippen LogP contribution in [-0.4, -0.2) is 51.4 Å². The number of halogens is 2. The molecule has 230 valence electrons. The van der Waals surface area contributed by atoms with Crippen molar-refractivity contribution in [3.8, 4) is 5.75 Å². The topological polar surface area (TPSA) is 96.0 Å². The molecule has 0 aliphatic carbocycles. The average Bonchev–Trinajstić information content (AvgIpc) is 3.03. The van der Waals surface area contributed by atoms with Crippen LogP contribution in [0.25, 0.3) is 0 Å². The van der Waals surface area contributed by atoms with E-state index in [9.17, 15) is 22.4 Å². The highest BCUT2D eigenvalue weighted by Crippen LogP contribution is 2.27. The minimum Gasteiger partial charge on any atom is -0.494 e. The number of ether oxygens (including phenoxy) is 1. The predicted octanol–water partition coefficient (Wildman–Crippen LogP) is 5.46. The second-order valence-corrected chi connectivity index (χ2v) is 12.2. The number of likely N-dealkylation sites (N-methyl/N-ethyl adjacent to an activating group) is 1. The van der Waals surface area contributed by atoms with Crippen LogP contribution in [0.5, 0.6) is 5.75 Å². The molecule has 0 bridgehead atoms. The van der Waals surface area contributed by atoms with E-state index in [-0.39, 0.29) is 23.5 Å². The van der Waals surface area contributed by atoms with Crippen LogP contribution in [0.3, 0.4) is 0 Å². The van der Waals surface area contributed by atoms with Crippen LogP contribution in [0, 0.1) is 5.82 Å². The fourth-order valence-electron chi connectivity index (χ4n) is 4.64. The molecule has 0 aliphatic heterocycles. The first-order valence-electron chi connectivity index (χ1n) is 13.9. The number of hydrogen-bond acceptors (Lipinski definition) is 5. The van der Waals surface area contributed by atoms with Gasteiger partial charge in [0.2, 0.25) is 11.8 Å². The quantitative estimate of drug-likeness (QED) is 0.210. The fraction of sp³-hybridized carbons (Fsp3) is 0.212. The van der Waals surface area contributed by atoms with Gasteiger partial charge >= 0.3 is 0 Å². The van der Waals surface area contributed by atoms with Crippen LogP contribution in [0.4, 0.5) is 10.1 Å². The molecule has 8 nitrogen and oxygen atoms in total. The summed E-state index contributed by atoms with van der Waals surface area (Å²) in [6, 6.07) is 25.7. The van der Waals surface area contributed by atoms with Crippen LogP contribution in [0.2, 0.25) is 5.02 Å². The van der Waals surface area contributed by atoms with Crippen LogP contribution in [0.15, 0.2) is 108 Å². The summed E-state index contributed by atoms with van der Waals surface area (Å²) in [5.41, 5.74) is 1.70. The van der Waals surface area contributed by atoms with Crippen molar-refractivity contribution >= 4 is 39.1 Å². The maximum absolute atomic E-state index is 14.3. The zero-order valence-corrected chi connectivity index (χ0v) is 25.9. The molecule has 1 atom stereocenters. The zero-order chi connectivity index (χ0) is 31.7. The van der Waals surface area contributed by atoms with Gasteiger partial charge in [-0.25, -0.2) is 12.8 Å². The van der Waals surface area contributed by atoms with E-state index in [4.69, 9.17) is 16.3 Å². The summed E-state index contributed by atoms with van der Waals surface area (Å²) in [5, 5.41) is 3.15. The summed E-state index contributed by atoms with van der Waals surface area (Å²) in [4.78, 5) is 28.8. The minimum absolute atomic E-state index is 0.00857. The Labute approximate surface area is 262 Å². The Morgan fingerprint density at radius 2 is 1.52 bits per heavy atom. The number of rotatable bonds is 13. The molecule has 0 spiro atoms. The minimum atomic E-state index is -4.35. The molecule has 4 aromatic carbocycles. The number of carbonyl (C=O) groups is 2. The van der Waals surface area contributed by atoms with Gasteiger partial charge < -0.3 is 15.0 Å². The van der Waals surface area contributed by atoms with Gasteiger partial charge in [-0.3, -0.25) is 13.9 Å². The van der Waals surface area contributed by atoms with Gasteiger partial charge in [-0.1, -0.05) is 54.1 Å². The van der Waals surface area contributed by atoms with Crippen molar-refractivity contribution in [1.82, 2.24) is 10.2 Å². The normalized spacial score (nSPS) is 11.8. The number of sulfonamides is 1. The number of nitrogens with one attached hydrogen (secondary N) is 1. The maximum Gasteiger partial charge on any atom is 0.264 e. The summed E-state index contributed by atoms with van der Waals surface area (Å²) >= 11 is 6.09. The third kappa shape index (κ3) is 8.15. The number of anilines is 1. The van der Waals surface area contributed by atoms with Crippen LogP contribution >= 0.6 is 11.6 Å². The molecule has 0 aliphatic rings. The van der Waals surface area contributed by atoms with Gasteiger partial charge in [0.05, 0.1) is 17.2 Å². The predicted molar refractivity (Wildman–Crippen MR) is 169 cm³/mol. The van der Waals surface area contributed by atoms with Crippen LogP contribution < -0.4 is 14.4 Å². The highest BCUT2D eigenvalue weighted by Gasteiger charge is 2.34. The Balaban J connectivity index is 1.78. The van der Waals surface area contributed by atoms with Crippen molar-refractivity contribution in [1.29, 1.82) is 0 Å². The summed E-state index contributed by atoms with van der Waals surface area (Å²) < 4.78 is 48.1. The Morgan fingerprint density at radius 3 is 2.11 bits per heavy atom. The van der Waals surface area contributed by atoms with Crippen molar-refractivity contribution in [2.75, 3.05) is 24.5 Å². The molecule has 11 heteroatoms. The third-order valence-electron chi connectivity index (χ3n) is 6.90. The molecule has 4 rings (SSSR count). The third-order valence-corrected chi connectivity index (χ3v) is 8.94. The molecule has 1 unspecified atom stereocenters. The van der Waals surface area contributed by atoms with Gasteiger partial charge in [-0.05, 0) is 78.7 Å². The molecule has 0 radical (unpaired) electrons. The summed E-state index contributed by atoms with van der Waals surface area (Å²) in [6.07, 6.45) is 0.188. The molecule has 0 heterocycles. The van der Waals surface area contributed by atoms with Crippen molar-refractivity contribution in [3.05, 3.63) is 125 Å². The number of hydrogen-bond donors (Lipinski definition) is 1. The van der Waals surface area contributed by atoms with Gasteiger partial charge in [-0.15, -0.1) is 0 Å². The van der Waals surface area contributed by atoms with E-state index in [1.54, 1.807) is 36.4 Å². The Bertz CT molecular complexity index is 1650. The molecule has 2 amide bonds. The van der Waals surface area contributed by atoms with Crippen molar-refractivity contribution < 1.29 is 27.1 Å². The summed E-state index contributed by atoms with van der Waals surface area (Å²) in [5.74, 6) is -1.11. The fourth-order valence-corrected chi connectivity index (χ4v) is 6.19. The van der Waals surface area contributed by atoms with Gasteiger partial charge in [0.15, 0.2) is 0 Å². The second-order valence-electron chi connectivity index (χ2n) is 9.86. The van der Waals surface area contributed by atoms with Crippen LogP contribution in [-0.2, 0) is 32.6 Å². The number of nitrogens with zero attached hydrogens (tertiary/aromatic N) is 2. The SMILES string of the molecule is CCOc1ccc(N(CC(=O)N(Cc2ccc(Cl)cc2)C(Cc2ccccc2)C(=O)NC)S(=O)(=O)c2ccc(F)cc2)cc1. The standard InChI is InChI=1S/C33H33ClFN3O5S/c1-3-43-29-17-15-28(16-18-29)38(44(41,42)30-19-13-27(35)14-20-30)23-32(39)37(22-25-9-11-26(34)12-10-25)31(33(40)36-2)21-24-7-5-4-6-8-24/h4-20,31H,3,21-23H2,1-2H3,(H,36,40). The van der Waals surface area contributed by atoms with Crippen molar-refractivity contribution in [3.63, 3.8) is 0 Å². The van der Waals surface area contributed by atoms with Gasteiger partial charge in [-0.2, -0.15) is 0 Å². The van der Waals surface area contributed by atoms with E-state index < -0.39 is 40.2 Å². The van der Waals surface area contributed by atoms with Crippen molar-refractivity contribution in [2.45, 2.75) is 30.8 Å². The van der Waals surface area contributed by atoms with Crippen LogP contribution in [0.1, 0.15) is 18.1 Å². The Morgan fingerprint density at radius 1 is 0.886 bits per heavy atom. The average molecular weight is 638 g/mol. The van der Waals surface area contributed by atoms with E-state index >= 15 is 0 Å². The first kappa shape index (κ1) is 32.5. The van der Waals surface area contributed by atoms with E-state index in [1.165, 1.54) is 24.1 Å². The van der Waals surface area contributed by atoms with E-state index in [0.717, 1.165) is 34.1 Å². The highest BCUT2D eigenvalue weighted by molar-refractivity contribution is 7.92. The lowest BCUT2D eigenvalue weighted by Gasteiger charge is -2.33. The lowest BCUT2D eigenvalue weighted by molar-refractivity contribution is -0.139. The number of amides is 2. The zero-order valence-electron chi connectivity index (χ0n) is 24.3. The molecule has 44 heavy (non-hydrogen) atoms. The molecule has 1 N–H and O–H groups in total. The second kappa shape index (κ2) is 14.9. The maximum atomic E-state index is 14.3. The molecule has 0 saturated heterocycles. The Hall–Kier alpha value is -4.41. The lowest BCUT2D eigenvalue weighted by Crippen LogP contribution is -2.53. The van der Waals surface area contributed by atoms with E-state index in [0.29, 0.717) is 22.9 Å². The molecular formula is C33H33ClFN3O5S. The van der Waals surface area contributed by atoms with Gasteiger partial charge in [0.1, 0.15) is 24.2 Å².